The molecule has 6 heteroatoms. The Morgan fingerprint density at radius 1 is 1.24 bits per heavy atom. The summed E-state index contributed by atoms with van der Waals surface area (Å²) in [7, 11) is 0. The molecular formula is C19H23N3O3. The van der Waals surface area contributed by atoms with Gasteiger partial charge in [-0.3, -0.25) is 15.6 Å². The van der Waals surface area contributed by atoms with Crippen LogP contribution in [0.4, 0.5) is 0 Å². The van der Waals surface area contributed by atoms with Crippen LogP contribution < -0.4 is 20.9 Å². The Morgan fingerprint density at radius 2 is 2.12 bits per heavy atom. The van der Waals surface area contributed by atoms with Crippen molar-refractivity contribution in [2.24, 2.45) is 5.92 Å². The van der Waals surface area contributed by atoms with Crippen molar-refractivity contribution in [1.29, 1.82) is 0 Å². The lowest BCUT2D eigenvalue weighted by Gasteiger charge is -2.31. The fourth-order valence-electron chi connectivity index (χ4n) is 3.71. The molecule has 2 aliphatic rings. The molecule has 0 radical (unpaired) electrons. The lowest BCUT2D eigenvalue weighted by Crippen LogP contribution is -2.44. The molecule has 25 heavy (non-hydrogen) atoms. The molecule has 1 aliphatic carbocycles. The van der Waals surface area contributed by atoms with Gasteiger partial charge in [-0.15, -0.1) is 0 Å². The summed E-state index contributed by atoms with van der Waals surface area (Å²) in [5.41, 5.74) is 7.28. The molecule has 3 atom stereocenters. The number of rotatable bonds is 5. The highest BCUT2D eigenvalue weighted by Gasteiger charge is 2.34. The summed E-state index contributed by atoms with van der Waals surface area (Å²) in [6.45, 7) is 1.28. The predicted molar refractivity (Wildman–Crippen MR) is 93.0 cm³/mol. The van der Waals surface area contributed by atoms with E-state index >= 15 is 0 Å². The summed E-state index contributed by atoms with van der Waals surface area (Å²) in [5, 5.41) is 3.13. The molecule has 0 spiro atoms. The number of hydrogen-bond acceptors (Lipinski definition) is 5. The number of hydrazine groups is 1. The van der Waals surface area contributed by atoms with Gasteiger partial charge in [-0.25, -0.2) is 0 Å². The van der Waals surface area contributed by atoms with Crippen LogP contribution in [-0.2, 0) is 6.61 Å². The van der Waals surface area contributed by atoms with Crippen LogP contribution in [-0.4, -0.2) is 24.5 Å². The standard InChI is InChI=1S/C19H23N3O3/c23-19(21-15-6-7-17-14(10-15)11-20-22-17)18-13(8-9-24-18)12-25-16-4-2-1-3-5-16/h1-5,8-9,14-15,17,20,22H,6-7,10-12H2,(H,21,23). The minimum absolute atomic E-state index is 0.154. The summed E-state index contributed by atoms with van der Waals surface area (Å²) in [6.07, 6.45) is 4.59. The molecule has 1 aromatic carbocycles. The number of ether oxygens (including phenoxy) is 1. The normalized spacial score (nSPS) is 25.4. The van der Waals surface area contributed by atoms with Crippen molar-refractivity contribution in [1.82, 2.24) is 16.2 Å². The van der Waals surface area contributed by atoms with E-state index in [1.54, 1.807) is 12.3 Å². The molecule has 132 valence electrons. The van der Waals surface area contributed by atoms with Crippen LogP contribution in [0.2, 0.25) is 0 Å². The first kappa shape index (κ1) is 16.2. The minimum Gasteiger partial charge on any atom is -0.489 e. The summed E-state index contributed by atoms with van der Waals surface area (Å²) >= 11 is 0. The Balaban J connectivity index is 1.35. The Morgan fingerprint density at radius 3 is 3.00 bits per heavy atom. The van der Waals surface area contributed by atoms with Crippen LogP contribution in [0.5, 0.6) is 5.75 Å². The van der Waals surface area contributed by atoms with Crippen molar-refractivity contribution in [3.8, 4) is 5.75 Å². The van der Waals surface area contributed by atoms with Crippen molar-refractivity contribution in [3.05, 3.63) is 54.0 Å². The number of amides is 1. The Hall–Kier alpha value is -2.31. The van der Waals surface area contributed by atoms with E-state index in [-0.39, 0.29) is 11.9 Å². The number of furan rings is 1. The Kier molecular flexibility index (Phi) is 4.72. The smallest absolute Gasteiger partial charge is 0.287 e. The van der Waals surface area contributed by atoms with Gasteiger partial charge >= 0.3 is 0 Å². The fraction of sp³-hybridized carbons (Fsp3) is 0.421. The first-order valence-corrected chi connectivity index (χ1v) is 8.83. The van der Waals surface area contributed by atoms with Gasteiger partial charge in [-0.2, -0.15) is 0 Å². The molecule has 3 unspecified atom stereocenters. The summed E-state index contributed by atoms with van der Waals surface area (Å²) in [4.78, 5) is 12.6. The number of hydrogen-bond donors (Lipinski definition) is 3. The molecule has 1 amide bonds. The molecule has 0 bridgehead atoms. The van der Waals surface area contributed by atoms with Gasteiger partial charge in [-0.05, 0) is 43.4 Å². The lowest BCUT2D eigenvalue weighted by atomic mass is 9.83. The van der Waals surface area contributed by atoms with Gasteiger partial charge in [0.25, 0.3) is 5.91 Å². The molecule has 2 heterocycles. The third kappa shape index (κ3) is 3.70. The summed E-state index contributed by atoms with van der Waals surface area (Å²) in [6, 6.07) is 12.1. The van der Waals surface area contributed by atoms with E-state index in [4.69, 9.17) is 9.15 Å². The largest absolute Gasteiger partial charge is 0.489 e. The first-order valence-electron chi connectivity index (χ1n) is 8.83. The molecule has 1 aromatic heterocycles. The van der Waals surface area contributed by atoms with Crippen LogP contribution in [0, 0.1) is 5.92 Å². The van der Waals surface area contributed by atoms with Gasteiger partial charge in [0.15, 0.2) is 5.76 Å². The maximum Gasteiger partial charge on any atom is 0.287 e. The zero-order chi connectivity index (χ0) is 17.1. The Labute approximate surface area is 146 Å². The maximum absolute atomic E-state index is 12.6. The second-order valence-corrected chi connectivity index (χ2v) is 6.75. The second-order valence-electron chi connectivity index (χ2n) is 6.75. The highest BCUT2D eigenvalue weighted by atomic mass is 16.5. The van der Waals surface area contributed by atoms with Crippen molar-refractivity contribution in [2.45, 2.75) is 38.0 Å². The molecule has 4 rings (SSSR count). The van der Waals surface area contributed by atoms with Gasteiger partial charge < -0.3 is 14.5 Å². The zero-order valence-corrected chi connectivity index (χ0v) is 14.0. The first-order chi connectivity index (χ1) is 12.3. The van der Waals surface area contributed by atoms with E-state index in [1.165, 1.54) is 0 Å². The van der Waals surface area contributed by atoms with Crippen LogP contribution in [0.1, 0.15) is 35.4 Å². The van der Waals surface area contributed by atoms with Crippen LogP contribution in [0.15, 0.2) is 47.1 Å². The van der Waals surface area contributed by atoms with Gasteiger partial charge in [0.2, 0.25) is 0 Å². The predicted octanol–water partition coefficient (Wildman–Crippen LogP) is 2.23. The lowest BCUT2D eigenvalue weighted by molar-refractivity contribution is 0.0886. The summed E-state index contributed by atoms with van der Waals surface area (Å²) < 4.78 is 11.2. The van der Waals surface area contributed by atoms with Gasteiger partial charge in [-0.1, -0.05) is 18.2 Å². The number of fused-ring (bicyclic) bond motifs is 1. The van der Waals surface area contributed by atoms with E-state index in [0.717, 1.165) is 37.1 Å². The maximum atomic E-state index is 12.6. The number of carbonyl (C=O) groups is 1. The van der Waals surface area contributed by atoms with Crippen molar-refractivity contribution < 1.29 is 13.9 Å². The molecule has 2 aromatic rings. The van der Waals surface area contributed by atoms with E-state index < -0.39 is 0 Å². The third-order valence-corrected chi connectivity index (χ3v) is 5.06. The molecular weight excluding hydrogens is 318 g/mol. The molecule has 1 aliphatic heterocycles. The fourth-order valence-corrected chi connectivity index (χ4v) is 3.71. The van der Waals surface area contributed by atoms with Crippen LogP contribution >= 0.6 is 0 Å². The van der Waals surface area contributed by atoms with Gasteiger partial charge in [0.1, 0.15) is 12.4 Å². The zero-order valence-electron chi connectivity index (χ0n) is 14.0. The van der Waals surface area contributed by atoms with Crippen molar-refractivity contribution >= 4 is 5.91 Å². The van der Waals surface area contributed by atoms with Crippen LogP contribution in [0.25, 0.3) is 0 Å². The van der Waals surface area contributed by atoms with Crippen LogP contribution in [0.3, 0.4) is 0 Å². The van der Waals surface area contributed by atoms with E-state index in [9.17, 15) is 4.79 Å². The second kappa shape index (κ2) is 7.29. The monoisotopic (exact) mass is 341 g/mol. The van der Waals surface area contributed by atoms with Gasteiger partial charge in [0.05, 0.1) is 6.26 Å². The Bertz CT molecular complexity index is 716. The molecule has 1 saturated carbocycles. The molecule has 2 fully saturated rings. The number of nitrogens with one attached hydrogen (secondary N) is 3. The molecule has 6 nitrogen and oxygen atoms in total. The SMILES string of the molecule is O=C(NC1CCC2NNCC2C1)c1occc1COc1ccccc1. The average Bonchev–Trinajstić information content (AvgIpc) is 3.29. The highest BCUT2D eigenvalue weighted by Crippen LogP contribution is 2.27. The average molecular weight is 341 g/mol. The molecule has 1 saturated heterocycles. The number of para-hydroxylation sites is 1. The minimum atomic E-state index is -0.154. The third-order valence-electron chi connectivity index (χ3n) is 5.06. The van der Waals surface area contributed by atoms with E-state index in [1.807, 2.05) is 30.3 Å². The topological polar surface area (TPSA) is 75.5 Å². The van der Waals surface area contributed by atoms with E-state index in [0.29, 0.717) is 24.3 Å². The molecule has 3 N–H and O–H groups in total. The highest BCUT2D eigenvalue weighted by molar-refractivity contribution is 5.93. The number of carbonyl (C=O) groups excluding carboxylic acids is 1. The number of benzene rings is 1. The van der Waals surface area contributed by atoms with Gasteiger partial charge in [0, 0.05) is 24.2 Å². The van der Waals surface area contributed by atoms with Crippen molar-refractivity contribution in [3.63, 3.8) is 0 Å². The quantitative estimate of drug-likeness (QED) is 0.778. The summed E-state index contributed by atoms with van der Waals surface area (Å²) in [5.74, 6) is 1.55. The van der Waals surface area contributed by atoms with Crippen molar-refractivity contribution in [2.75, 3.05) is 6.54 Å². The van der Waals surface area contributed by atoms with E-state index in [2.05, 4.69) is 16.2 Å².